The van der Waals surface area contributed by atoms with E-state index in [2.05, 4.69) is 26.7 Å². The van der Waals surface area contributed by atoms with Gasteiger partial charge in [-0.3, -0.25) is 4.90 Å². The molecule has 1 saturated carbocycles. The minimum atomic E-state index is 0.636. The fourth-order valence-corrected chi connectivity index (χ4v) is 3.08. The Kier molecular flexibility index (Phi) is 2.91. The predicted octanol–water partition coefficient (Wildman–Crippen LogP) is 1.25. The highest BCUT2D eigenvalue weighted by Crippen LogP contribution is 2.33. The molecule has 0 bridgehead atoms. The Labute approximate surface area is 100 Å². The summed E-state index contributed by atoms with van der Waals surface area (Å²) in [5, 5.41) is 9.66. The molecule has 5 heteroatoms. The van der Waals surface area contributed by atoms with Crippen LogP contribution in [0.4, 0.5) is 0 Å². The van der Waals surface area contributed by atoms with Crippen LogP contribution in [0.5, 0.6) is 0 Å². The van der Waals surface area contributed by atoms with Gasteiger partial charge < -0.3 is 5.32 Å². The maximum absolute atomic E-state index is 4.06. The van der Waals surface area contributed by atoms with Crippen molar-refractivity contribution in [3.05, 3.63) is 11.1 Å². The van der Waals surface area contributed by atoms with Crippen molar-refractivity contribution >= 4 is 11.5 Å². The zero-order valence-corrected chi connectivity index (χ0v) is 10.4. The molecule has 0 aromatic carbocycles. The lowest BCUT2D eigenvalue weighted by atomic mass is 10.2. The molecular formula is C11H18N4S. The van der Waals surface area contributed by atoms with Crippen LogP contribution in [0.25, 0.3) is 0 Å². The first-order valence-electron chi connectivity index (χ1n) is 6.08. The molecular weight excluding hydrogens is 220 g/mol. The molecule has 16 heavy (non-hydrogen) atoms. The van der Waals surface area contributed by atoms with Gasteiger partial charge in [-0.15, -0.1) is 5.10 Å². The van der Waals surface area contributed by atoms with E-state index in [-0.39, 0.29) is 0 Å². The van der Waals surface area contributed by atoms with Crippen molar-refractivity contribution < 1.29 is 0 Å². The van der Waals surface area contributed by atoms with Crippen LogP contribution in [-0.2, 0) is 6.54 Å². The summed E-state index contributed by atoms with van der Waals surface area (Å²) in [5.74, 6) is 0. The summed E-state index contributed by atoms with van der Waals surface area (Å²) in [7, 11) is 0. The minimum absolute atomic E-state index is 0.636. The van der Waals surface area contributed by atoms with Gasteiger partial charge in [0.25, 0.3) is 0 Å². The molecule has 2 unspecified atom stereocenters. The summed E-state index contributed by atoms with van der Waals surface area (Å²) in [6, 6.07) is 2.28. The molecule has 2 aliphatic rings. The normalized spacial score (nSPS) is 31.1. The molecule has 0 spiro atoms. The highest BCUT2D eigenvalue weighted by atomic mass is 32.1. The first kappa shape index (κ1) is 10.6. The fourth-order valence-electron chi connectivity index (χ4n) is 2.63. The largest absolute Gasteiger partial charge is 0.307 e. The van der Waals surface area contributed by atoms with Gasteiger partial charge in [0.1, 0.15) is 0 Å². The highest BCUT2D eigenvalue weighted by Gasteiger charge is 2.38. The molecule has 4 nitrogen and oxygen atoms in total. The van der Waals surface area contributed by atoms with Crippen LogP contribution in [0.15, 0.2) is 5.38 Å². The monoisotopic (exact) mass is 238 g/mol. The summed E-state index contributed by atoms with van der Waals surface area (Å²) in [5.41, 5.74) is 1.07. The zero-order valence-electron chi connectivity index (χ0n) is 9.59. The first-order chi connectivity index (χ1) is 7.83. The first-order valence-corrected chi connectivity index (χ1v) is 6.91. The number of aromatic nitrogens is 2. The highest BCUT2D eigenvalue weighted by molar-refractivity contribution is 7.03. The van der Waals surface area contributed by atoms with E-state index in [1.54, 1.807) is 0 Å². The van der Waals surface area contributed by atoms with Crippen LogP contribution >= 0.6 is 11.5 Å². The van der Waals surface area contributed by atoms with Crippen molar-refractivity contribution in [1.82, 2.24) is 19.8 Å². The lowest BCUT2D eigenvalue weighted by Crippen LogP contribution is -2.33. The molecule has 0 amide bonds. The zero-order chi connectivity index (χ0) is 11.0. The van der Waals surface area contributed by atoms with Crippen LogP contribution in [0.1, 0.15) is 31.9 Å². The Hall–Kier alpha value is -0.520. The van der Waals surface area contributed by atoms with E-state index in [1.807, 2.05) is 5.38 Å². The van der Waals surface area contributed by atoms with Crippen molar-refractivity contribution in [3.8, 4) is 0 Å². The summed E-state index contributed by atoms with van der Waals surface area (Å²) >= 11 is 1.43. The average molecular weight is 238 g/mol. The maximum Gasteiger partial charge on any atom is 0.0893 e. The molecule has 2 atom stereocenters. The van der Waals surface area contributed by atoms with E-state index >= 15 is 0 Å². The number of likely N-dealkylation sites (tertiary alicyclic amines) is 1. The number of hydrogen-bond donors (Lipinski definition) is 1. The van der Waals surface area contributed by atoms with Gasteiger partial charge in [0.05, 0.1) is 5.69 Å². The Morgan fingerprint density at radius 2 is 2.44 bits per heavy atom. The number of nitrogens with zero attached hydrogens (tertiary/aromatic N) is 3. The van der Waals surface area contributed by atoms with Gasteiger partial charge in [-0.1, -0.05) is 4.49 Å². The van der Waals surface area contributed by atoms with Crippen LogP contribution in [0.2, 0.25) is 0 Å². The second kappa shape index (κ2) is 4.39. The Morgan fingerprint density at radius 1 is 1.56 bits per heavy atom. The SMILES string of the molecule is CC1CC(NCc2csnn2)CN1C1CC1. The van der Waals surface area contributed by atoms with E-state index in [0.717, 1.165) is 24.3 Å². The van der Waals surface area contributed by atoms with Gasteiger partial charge in [0.15, 0.2) is 0 Å². The molecule has 1 aromatic heterocycles. The van der Waals surface area contributed by atoms with E-state index in [0.29, 0.717) is 6.04 Å². The van der Waals surface area contributed by atoms with Gasteiger partial charge in [0.2, 0.25) is 0 Å². The third-order valence-electron chi connectivity index (χ3n) is 3.62. The third-order valence-corrected chi connectivity index (χ3v) is 4.17. The lowest BCUT2D eigenvalue weighted by Gasteiger charge is -2.19. The van der Waals surface area contributed by atoms with E-state index in [4.69, 9.17) is 0 Å². The smallest absolute Gasteiger partial charge is 0.0893 e. The van der Waals surface area contributed by atoms with Gasteiger partial charge in [-0.2, -0.15) is 0 Å². The van der Waals surface area contributed by atoms with Crippen LogP contribution in [0.3, 0.4) is 0 Å². The molecule has 1 saturated heterocycles. The van der Waals surface area contributed by atoms with E-state index in [9.17, 15) is 0 Å². The van der Waals surface area contributed by atoms with Crippen LogP contribution in [-0.4, -0.2) is 39.2 Å². The second-order valence-corrected chi connectivity index (χ2v) is 5.60. The van der Waals surface area contributed by atoms with Crippen LogP contribution < -0.4 is 5.32 Å². The summed E-state index contributed by atoms with van der Waals surface area (Å²) in [6.45, 7) is 4.43. The number of nitrogens with one attached hydrogen (secondary N) is 1. The summed E-state index contributed by atoms with van der Waals surface area (Å²) < 4.78 is 3.88. The molecule has 88 valence electrons. The Bertz CT molecular complexity index is 336. The standard InChI is InChI=1S/C11H18N4S/c1-8-4-9(6-15(8)11-2-3-11)12-5-10-7-16-14-13-10/h7-9,11-12H,2-6H2,1H3. The molecule has 2 heterocycles. The molecule has 0 radical (unpaired) electrons. The molecule has 2 fully saturated rings. The lowest BCUT2D eigenvalue weighted by molar-refractivity contribution is 0.255. The fraction of sp³-hybridized carbons (Fsp3) is 0.818. The average Bonchev–Trinajstić information content (AvgIpc) is 2.85. The van der Waals surface area contributed by atoms with Crippen molar-refractivity contribution in [3.63, 3.8) is 0 Å². The Balaban J connectivity index is 1.49. The second-order valence-electron chi connectivity index (χ2n) is 4.99. The summed E-state index contributed by atoms with van der Waals surface area (Å²) in [6.07, 6.45) is 4.09. The summed E-state index contributed by atoms with van der Waals surface area (Å²) in [4.78, 5) is 2.66. The van der Waals surface area contributed by atoms with Gasteiger partial charge in [-0.05, 0) is 37.7 Å². The van der Waals surface area contributed by atoms with E-state index < -0.39 is 0 Å². The van der Waals surface area contributed by atoms with Crippen molar-refractivity contribution in [1.29, 1.82) is 0 Å². The van der Waals surface area contributed by atoms with Gasteiger partial charge >= 0.3 is 0 Å². The number of rotatable bonds is 4. The molecule has 1 aromatic rings. The molecule has 1 N–H and O–H groups in total. The molecule has 3 rings (SSSR count). The van der Waals surface area contributed by atoms with Gasteiger partial charge in [0, 0.05) is 36.6 Å². The van der Waals surface area contributed by atoms with Gasteiger partial charge in [-0.25, -0.2) is 0 Å². The van der Waals surface area contributed by atoms with Crippen molar-refractivity contribution in [2.75, 3.05) is 6.54 Å². The predicted molar refractivity (Wildman–Crippen MR) is 64.3 cm³/mol. The van der Waals surface area contributed by atoms with Crippen LogP contribution in [0, 0.1) is 0 Å². The maximum atomic E-state index is 4.06. The topological polar surface area (TPSA) is 41.1 Å². The van der Waals surface area contributed by atoms with Crippen molar-refractivity contribution in [2.45, 2.75) is 50.9 Å². The molecule has 1 aliphatic heterocycles. The third kappa shape index (κ3) is 2.26. The van der Waals surface area contributed by atoms with Crippen molar-refractivity contribution in [2.24, 2.45) is 0 Å². The van der Waals surface area contributed by atoms with E-state index in [1.165, 1.54) is 37.3 Å². The number of hydrogen-bond acceptors (Lipinski definition) is 5. The minimum Gasteiger partial charge on any atom is -0.307 e. The molecule has 1 aliphatic carbocycles. The Morgan fingerprint density at radius 3 is 3.12 bits per heavy atom. The quantitative estimate of drug-likeness (QED) is 0.857.